The summed E-state index contributed by atoms with van der Waals surface area (Å²) in [7, 11) is 0. The molecular formula is C16H16N2O. The summed E-state index contributed by atoms with van der Waals surface area (Å²) in [4.78, 5) is 2.46. The number of rotatable bonds is 0. The number of hydrogen-bond donors (Lipinski definition) is 1. The van der Waals surface area contributed by atoms with Crippen LogP contribution in [0.1, 0.15) is 11.6 Å². The van der Waals surface area contributed by atoms with Crippen molar-refractivity contribution in [3.63, 3.8) is 0 Å². The molecule has 2 heterocycles. The van der Waals surface area contributed by atoms with Gasteiger partial charge in [0, 0.05) is 25.2 Å². The van der Waals surface area contributed by atoms with E-state index in [1.54, 1.807) is 0 Å². The van der Waals surface area contributed by atoms with Crippen LogP contribution in [0.25, 0.3) is 0 Å². The topological polar surface area (TPSA) is 24.5 Å². The van der Waals surface area contributed by atoms with Gasteiger partial charge in [-0.05, 0) is 18.2 Å². The predicted molar refractivity (Wildman–Crippen MR) is 75.9 cm³/mol. The Bertz CT molecular complexity index is 558. The highest BCUT2D eigenvalue weighted by molar-refractivity contribution is 5.64. The van der Waals surface area contributed by atoms with Crippen LogP contribution >= 0.6 is 0 Å². The molecule has 3 heteroatoms. The van der Waals surface area contributed by atoms with E-state index in [1.165, 1.54) is 11.3 Å². The first-order valence-electron chi connectivity index (χ1n) is 6.77. The molecule has 0 saturated carbocycles. The Balaban J connectivity index is 1.92. The first-order chi connectivity index (χ1) is 9.43. The van der Waals surface area contributed by atoms with Gasteiger partial charge in [-0.2, -0.15) is 0 Å². The van der Waals surface area contributed by atoms with Crippen LogP contribution in [0.4, 0.5) is 5.69 Å². The molecule has 0 aliphatic carbocycles. The molecule has 2 aliphatic rings. The molecule has 0 spiro atoms. The van der Waals surface area contributed by atoms with Crippen LogP contribution in [0.2, 0.25) is 0 Å². The molecule has 0 amide bonds. The van der Waals surface area contributed by atoms with E-state index in [9.17, 15) is 0 Å². The van der Waals surface area contributed by atoms with Crippen LogP contribution < -0.4 is 15.0 Å². The summed E-state index contributed by atoms with van der Waals surface area (Å²) >= 11 is 0. The van der Waals surface area contributed by atoms with Gasteiger partial charge < -0.3 is 15.0 Å². The zero-order valence-electron chi connectivity index (χ0n) is 10.7. The van der Waals surface area contributed by atoms with E-state index in [0.29, 0.717) is 6.04 Å². The molecule has 1 saturated heterocycles. The van der Waals surface area contributed by atoms with Crippen LogP contribution in [-0.4, -0.2) is 19.6 Å². The standard InChI is InChI=1S/C16H16N2O/c1-3-7-15-12(5-1)14-11-17-9-10-18(14)13-6-2-4-8-16(13)19-15/h1-8,14,17H,9-11H2. The Hall–Kier alpha value is -2.00. The van der Waals surface area contributed by atoms with Gasteiger partial charge in [0.1, 0.15) is 5.75 Å². The molecule has 1 atom stereocenters. The van der Waals surface area contributed by atoms with Gasteiger partial charge in [-0.25, -0.2) is 0 Å². The average molecular weight is 252 g/mol. The highest BCUT2D eigenvalue weighted by atomic mass is 16.5. The molecule has 2 aliphatic heterocycles. The third kappa shape index (κ3) is 1.70. The zero-order chi connectivity index (χ0) is 12.7. The summed E-state index contributed by atoms with van der Waals surface area (Å²) in [5, 5.41) is 3.49. The van der Waals surface area contributed by atoms with Crippen molar-refractivity contribution in [2.75, 3.05) is 24.5 Å². The number of nitrogens with zero attached hydrogens (tertiary/aromatic N) is 1. The molecule has 1 N–H and O–H groups in total. The molecule has 96 valence electrons. The number of benzene rings is 2. The number of fused-ring (bicyclic) bond motifs is 5. The molecule has 0 aromatic heterocycles. The molecule has 3 nitrogen and oxygen atoms in total. The summed E-state index contributed by atoms with van der Waals surface area (Å²) in [5.74, 6) is 1.94. The Morgan fingerprint density at radius 2 is 1.79 bits per heavy atom. The smallest absolute Gasteiger partial charge is 0.150 e. The lowest BCUT2D eigenvalue weighted by Crippen LogP contribution is -2.45. The van der Waals surface area contributed by atoms with Crippen LogP contribution in [0, 0.1) is 0 Å². The van der Waals surface area contributed by atoms with E-state index in [4.69, 9.17) is 4.74 Å². The Morgan fingerprint density at radius 3 is 2.74 bits per heavy atom. The lowest BCUT2D eigenvalue weighted by atomic mass is 10.0. The second-order valence-corrected chi connectivity index (χ2v) is 5.02. The van der Waals surface area contributed by atoms with E-state index >= 15 is 0 Å². The third-order valence-electron chi connectivity index (χ3n) is 3.92. The number of nitrogens with one attached hydrogen (secondary N) is 1. The maximum Gasteiger partial charge on any atom is 0.150 e. The highest BCUT2D eigenvalue weighted by Gasteiger charge is 2.30. The molecule has 0 bridgehead atoms. The summed E-state index contributed by atoms with van der Waals surface area (Å²) in [6.07, 6.45) is 0. The minimum absolute atomic E-state index is 0.355. The van der Waals surface area contributed by atoms with Crippen LogP contribution in [-0.2, 0) is 0 Å². The monoisotopic (exact) mass is 252 g/mol. The van der Waals surface area contributed by atoms with Gasteiger partial charge in [-0.1, -0.05) is 30.3 Å². The predicted octanol–water partition coefficient (Wildman–Crippen LogP) is 2.94. The summed E-state index contributed by atoms with van der Waals surface area (Å²) in [6, 6.07) is 17.0. The largest absolute Gasteiger partial charge is 0.455 e. The summed E-state index contributed by atoms with van der Waals surface area (Å²) in [5.41, 5.74) is 2.47. The molecule has 1 fully saturated rings. The Kier molecular flexibility index (Phi) is 2.45. The van der Waals surface area contributed by atoms with E-state index in [1.807, 2.05) is 12.1 Å². The lowest BCUT2D eigenvalue weighted by molar-refractivity contribution is 0.474. The van der Waals surface area contributed by atoms with E-state index in [0.717, 1.165) is 31.1 Å². The fourth-order valence-corrected chi connectivity index (χ4v) is 3.02. The first kappa shape index (κ1) is 10.9. The quantitative estimate of drug-likeness (QED) is 0.780. The van der Waals surface area contributed by atoms with Gasteiger partial charge in [-0.15, -0.1) is 0 Å². The number of para-hydroxylation sites is 3. The first-order valence-corrected chi connectivity index (χ1v) is 6.77. The van der Waals surface area contributed by atoms with Crippen LogP contribution in [0.3, 0.4) is 0 Å². The van der Waals surface area contributed by atoms with Crippen molar-refractivity contribution < 1.29 is 4.74 Å². The van der Waals surface area contributed by atoms with E-state index in [2.05, 4.69) is 46.6 Å². The Morgan fingerprint density at radius 1 is 1.00 bits per heavy atom. The van der Waals surface area contributed by atoms with Gasteiger partial charge in [0.25, 0.3) is 0 Å². The van der Waals surface area contributed by atoms with E-state index in [-0.39, 0.29) is 0 Å². The zero-order valence-corrected chi connectivity index (χ0v) is 10.7. The van der Waals surface area contributed by atoms with Crippen LogP contribution in [0.5, 0.6) is 11.5 Å². The number of ether oxygens (including phenoxy) is 1. The molecule has 1 unspecified atom stereocenters. The number of anilines is 1. The molecular weight excluding hydrogens is 236 g/mol. The van der Waals surface area contributed by atoms with Crippen molar-refractivity contribution in [1.29, 1.82) is 0 Å². The summed E-state index contributed by atoms with van der Waals surface area (Å²) < 4.78 is 6.12. The minimum atomic E-state index is 0.355. The van der Waals surface area contributed by atoms with Crippen molar-refractivity contribution in [1.82, 2.24) is 5.32 Å². The van der Waals surface area contributed by atoms with Crippen molar-refractivity contribution in [3.8, 4) is 11.5 Å². The number of hydrogen-bond acceptors (Lipinski definition) is 3. The molecule has 2 aromatic carbocycles. The van der Waals surface area contributed by atoms with Gasteiger partial charge in [0.05, 0.1) is 11.7 Å². The fourth-order valence-electron chi connectivity index (χ4n) is 3.02. The average Bonchev–Trinajstić information content (AvgIpc) is 2.62. The van der Waals surface area contributed by atoms with Crippen LogP contribution in [0.15, 0.2) is 48.5 Å². The van der Waals surface area contributed by atoms with Crippen molar-refractivity contribution >= 4 is 5.69 Å². The van der Waals surface area contributed by atoms with Gasteiger partial charge in [0.2, 0.25) is 0 Å². The lowest BCUT2D eigenvalue weighted by Gasteiger charge is -2.37. The Labute approximate surface area is 112 Å². The number of piperazine rings is 1. The second-order valence-electron chi connectivity index (χ2n) is 5.02. The SMILES string of the molecule is c1ccc2c(c1)Oc1ccccc1N1CCNCC21. The fraction of sp³-hybridized carbons (Fsp3) is 0.250. The second kappa shape index (κ2) is 4.28. The molecule has 19 heavy (non-hydrogen) atoms. The van der Waals surface area contributed by atoms with Crippen molar-refractivity contribution in [2.24, 2.45) is 0 Å². The summed E-state index contributed by atoms with van der Waals surface area (Å²) in [6.45, 7) is 3.00. The maximum atomic E-state index is 6.12. The van der Waals surface area contributed by atoms with Gasteiger partial charge in [-0.3, -0.25) is 0 Å². The normalized spacial score (nSPS) is 20.6. The van der Waals surface area contributed by atoms with E-state index < -0.39 is 0 Å². The van der Waals surface area contributed by atoms with Gasteiger partial charge in [0.15, 0.2) is 5.75 Å². The molecule has 2 aromatic rings. The van der Waals surface area contributed by atoms with Crippen molar-refractivity contribution in [2.45, 2.75) is 6.04 Å². The molecule has 0 radical (unpaired) electrons. The third-order valence-corrected chi connectivity index (χ3v) is 3.92. The highest BCUT2D eigenvalue weighted by Crippen LogP contribution is 2.43. The minimum Gasteiger partial charge on any atom is -0.455 e. The maximum absolute atomic E-state index is 6.12. The molecule has 4 rings (SSSR count). The van der Waals surface area contributed by atoms with Crippen molar-refractivity contribution in [3.05, 3.63) is 54.1 Å². The van der Waals surface area contributed by atoms with Gasteiger partial charge >= 0.3 is 0 Å².